The first kappa shape index (κ1) is 20.1. The van der Waals surface area contributed by atoms with Crippen molar-refractivity contribution in [1.82, 2.24) is 14.5 Å². The molecule has 0 unspecified atom stereocenters. The summed E-state index contributed by atoms with van der Waals surface area (Å²) in [5, 5.41) is 10.1. The number of aryl methyl sites for hydroxylation is 1. The Bertz CT molecular complexity index is 1230. The van der Waals surface area contributed by atoms with Crippen molar-refractivity contribution < 1.29 is 0 Å². The summed E-state index contributed by atoms with van der Waals surface area (Å²) in [6.07, 6.45) is 9.14. The van der Waals surface area contributed by atoms with Gasteiger partial charge >= 0.3 is 0 Å². The molecule has 0 spiro atoms. The van der Waals surface area contributed by atoms with E-state index < -0.39 is 0 Å². The van der Waals surface area contributed by atoms with Crippen molar-refractivity contribution in [3.8, 4) is 17.3 Å². The molecular weight excluding hydrogens is 396 g/mol. The summed E-state index contributed by atoms with van der Waals surface area (Å²) in [7, 11) is 0. The van der Waals surface area contributed by atoms with Gasteiger partial charge in [0.25, 0.3) is 0 Å². The molecule has 4 heterocycles. The summed E-state index contributed by atoms with van der Waals surface area (Å²) in [6.45, 7) is 4.70. The summed E-state index contributed by atoms with van der Waals surface area (Å²) in [5.74, 6) is 0. The van der Waals surface area contributed by atoms with Crippen LogP contribution in [-0.4, -0.2) is 40.7 Å². The molecule has 0 atom stereocenters. The minimum atomic E-state index is 0.579. The lowest BCUT2D eigenvalue weighted by Gasteiger charge is -2.37. The number of fused-ring (bicyclic) bond motifs is 1. The van der Waals surface area contributed by atoms with Gasteiger partial charge in [-0.05, 0) is 48.2 Å². The molecule has 0 N–H and O–H groups in total. The molecule has 0 saturated carbocycles. The van der Waals surface area contributed by atoms with Crippen LogP contribution in [0.5, 0.6) is 0 Å². The minimum Gasteiger partial charge on any atom is -0.368 e. The van der Waals surface area contributed by atoms with Crippen molar-refractivity contribution in [2.24, 2.45) is 0 Å². The highest BCUT2D eigenvalue weighted by molar-refractivity contribution is 5.87. The third kappa shape index (κ3) is 4.02. The molecule has 0 amide bonds. The average Bonchev–Trinajstić information content (AvgIpc) is 3.27. The number of rotatable bonds is 6. The van der Waals surface area contributed by atoms with Crippen molar-refractivity contribution >= 4 is 22.3 Å². The monoisotopic (exact) mass is 422 g/mol. The van der Waals surface area contributed by atoms with Crippen molar-refractivity contribution in [1.29, 1.82) is 5.26 Å². The molecule has 1 aromatic carbocycles. The lowest BCUT2D eigenvalue weighted by molar-refractivity contribution is 0.653. The lowest BCUT2D eigenvalue weighted by atomic mass is 10.1. The van der Waals surface area contributed by atoms with Gasteiger partial charge in [-0.2, -0.15) is 5.26 Å². The maximum atomic E-state index is 8.86. The fourth-order valence-electron chi connectivity index (χ4n) is 4.49. The van der Waals surface area contributed by atoms with E-state index in [4.69, 9.17) is 10.2 Å². The zero-order valence-electron chi connectivity index (χ0n) is 18.1. The van der Waals surface area contributed by atoms with Gasteiger partial charge in [-0.15, -0.1) is 0 Å². The van der Waals surface area contributed by atoms with E-state index in [1.165, 1.54) is 22.3 Å². The van der Waals surface area contributed by atoms with E-state index in [0.29, 0.717) is 6.42 Å². The number of anilines is 2. The number of hydrogen-bond donors (Lipinski definition) is 0. The van der Waals surface area contributed by atoms with Crippen LogP contribution in [0.3, 0.4) is 0 Å². The smallest absolute Gasteiger partial charge is 0.0936 e. The second kappa shape index (κ2) is 9.11. The lowest BCUT2D eigenvalue weighted by Crippen LogP contribution is -2.46. The molecule has 4 aromatic rings. The van der Waals surface area contributed by atoms with Gasteiger partial charge in [0.15, 0.2) is 0 Å². The molecule has 1 saturated heterocycles. The fourth-order valence-corrected chi connectivity index (χ4v) is 4.49. The number of aromatic nitrogens is 3. The zero-order chi connectivity index (χ0) is 21.8. The number of unbranched alkanes of at least 4 members (excludes halogenated alkanes) is 1. The number of benzene rings is 1. The highest BCUT2D eigenvalue weighted by atomic mass is 15.3. The quantitative estimate of drug-likeness (QED) is 0.421. The van der Waals surface area contributed by atoms with Crippen LogP contribution in [0.4, 0.5) is 11.4 Å². The molecule has 3 aromatic heterocycles. The Morgan fingerprint density at radius 1 is 0.906 bits per heavy atom. The maximum absolute atomic E-state index is 8.86. The van der Waals surface area contributed by atoms with Gasteiger partial charge in [0.1, 0.15) is 0 Å². The Kier molecular flexibility index (Phi) is 5.71. The van der Waals surface area contributed by atoms with Crippen LogP contribution in [0.15, 0.2) is 73.3 Å². The Hall–Kier alpha value is -3.85. The van der Waals surface area contributed by atoms with Crippen LogP contribution in [0.2, 0.25) is 0 Å². The van der Waals surface area contributed by atoms with Crippen LogP contribution in [-0.2, 0) is 6.54 Å². The van der Waals surface area contributed by atoms with Crippen molar-refractivity contribution in [2.45, 2.75) is 19.4 Å². The Labute approximate surface area is 188 Å². The van der Waals surface area contributed by atoms with Gasteiger partial charge in [-0.25, -0.2) is 0 Å². The highest BCUT2D eigenvalue weighted by Gasteiger charge is 2.20. The summed E-state index contributed by atoms with van der Waals surface area (Å²) in [5.41, 5.74) is 5.76. The van der Waals surface area contributed by atoms with Crippen LogP contribution < -0.4 is 9.80 Å². The van der Waals surface area contributed by atoms with E-state index >= 15 is 0 Å². The van der Waals surface area contributed by atoms with Gasteiger partial charge < -0.3 is 14.4 Å². The first-order chi connectivity index (χ1) is 15.8. The maximum Gasteiger partial charge on any atom is 0.0936 e. The van der Waals surface area contributed by atoms with E-state index in [9.17, 15) is 0 Å². The summed E-state index contributed by atoms with van der Waals surface area (Å²) < 4.78 is 2.24. The molecule has 6 heteroatoms. The van der Waals surface area contributed by atoms with Crippen LogP contribution >= 0.6 is 0 Å². The van der Waals surface area contributed by atoms with E-state index in [1.807, 2.05) is 24.7 Å². The molecule has 160 valence electrons. The average molecular weight is 423 g/mol. The second-order valence-electron chi connectivity index (χ2n) is 8.10. The number of hydrogen-bond acceptors (Lipinski definition) is 5. The highest BCUT2D eigenvalue weighted by Crippen LogP contribution is 2.32. The van der Waals surface area contributed by atoms with Gasteiger partial charge in [0.05, 0.1) is 17.5 Å². The van der Waals surface area contributed by atoms with Crippen molar-refractivity contribution in [2.75, 3.05) is 36.0 Å². The summed E-state index contributed by atoms with van der Waals surface area (Å²) in [4.78, 5) is 13.8. The SMILES string of the molecule is N#CCCCn1ccc2ccc(-c3ncccc3N3CCN(c4ccncc4)CC3)cc21. The third-order valence-electron chi connectivity index (χ3n) is 6.17. The molecule has 0 bridgehead atoms. The van der Waals surface area contributed by atoms with E-state index in [1.54, 1.807) is 0 Å². The van der Waals surface area contributed by atoms with Crippen LogP contribution in [0.25, 0.3) is 22.2 Å². The second-order valence-corrected chi connectivity index (χ2v) is 8.10. The predicted molar refractivity (Wildman–Crippen MR) is 129 cm³/mol. The zero-order valence-corrected chi connectivity index (χ0v) is 18.1. The molecule has 5 rings (SSSR count). The van der Waals surface area contributed by atoms with Gasteiger partial charge in [-0.3, -0.25) is 9.97 Å². The Balaban J connectivity index is 1.40. The van der Waals surface area contributed by atoms with E-state index in [0.717, 1.165) is 50.4 Å². The van der Waals surface area contributed by atoms with E-state index in [-0.39, 0.29) is 0 Å². The molecule has 1 fully saturated rings. The van der Waals surface area contributed by atoms with Crippen molar-refractivity contribution in [3.63, 3.8) is 0 Å². The third-order valence-corrected chi connectivity index (χ3v) is 6.17. The van der Waals surface area contributed by atoms with Gasteiger partial charge in [0.2, 0.25) is 0 Å². The topological polar surface area (TPSA) is 61.0 Å². The summed E-state index contributed by atoms with van der Waals surface area (Å²) in [6, 6.07) is 19.3. The number of piperazine rings is 1. The first-order valence-corrected chi connectivity index (χ1v) is 11.1. The van der Waals surface area contributed by atoms with E-state index in [2.05, 4.69) is 74.1 Å². The number of nitriles is 1. The Morgan fingerprint density at radius 2 is 1.72 bits per heavy atom. The van der Waals surface area contributed by atoms with Gasteiger partial charge in [-0.1, -0.05) is 12.1 Å². The largest absolute Gasteiger partial charge is 0.368 e. The normalized spacial score (nSPS) is 14.0. The standard InChI is InChI=1S/C26H26N6/c27-10-1-2-14-31-15-9-21-5-6-22(20-25(21)31)26-24(4-3-11-29-26)32-18-16-30(17-19-32)23-7-12-28-13-8-23/h3-9,11-13,15,20H,1-2,14,16-19H2. The molecule has 1 aliphatic rings. The first-order valence-electron chi connectivity index (χ1n) is 11.1. The minimum absolute atomic E-state index is 0.579. The molecule has 32 heavy (non-hydrogen) atoms. The van der Waals surface area contributed by atoms with Gasteiger partial charge in [0, 0.05) is 80.7 Å². The number of pyridine rings is 2. The molecular formula is C26H26N6. The molecule has 0 radical (unpaired) electrons. The molecule has 6 nitrogen and oxygen atoms in total. The predicted octanol–water partition coefficient (Wildman–Crippen LogP) is 4.73. The molecule has 0 aliphatic carbocycles. The van der Waals surface area contributed by atoms with Crippen LogP contribution in [0, 0.1) is 11.3 Å². The van der Waals surface area contributed by atoms with Crippen molar-refractivity contribution in [3.05, 3.63) is 73.3 Å². The van der Waals surface area contributed by atoms with Crippen LogP contribution in [0.1, 0.15) is 12.8 Å². The number of nitrogens with zero attached hydrogens (tertiary/aromatic N) is 6. The molecule has 1 aliphatic heterocycles. The Morgan fingerprint density at radius 3 is 2.53 bits per heavy atom. The fraction of sp³-hybridized carbons (Fsp3) is 0.269. The summed E-state index contributed by atoms with van der Waals surface area (Å²) >= 11 is 0.